The summed E-state index contributed by atoms with van der Waals surface area (Å²) in [7, 11) is 0. The van der Waals surface area contributed by atoms with E-state index in [1.807, 2.05) is 54.8 Å². The van der Waals surface area contributed by atoms with Gasteiger partial charge in [0.1, 0.15) is 5.82 Å². The molecular formula is C31H26FN7O. The first-order chi connectivity index (χ1) is 19.6. The van der Waals surface area contributed by atoms with Crippen LogP contribution in [-0.2, 0) is 11.2 Å². The van der Waals surface area contributed by atoms with Gasteiger partial charge in [-0.2, -0.15) is 0 Å². The normalized spacial score (nSPS) is 13.5. The highest BCUT2D eigenvalue weighted by Gasteiger charge is 2.23. The summed E-state index contributed by atoms with van der Waals surface area (Å²) in [6.07, 6.45) is 16.5. The minimum Gasteiger partial charge on any atom is -0.361 e. The number of fused-ring (bicyclic) bond motifs is 1. The molecule has 0 radical (unpaired) electrons. The predicted octanol–water partition coefficient (Wildman–Crippen LogP) is 5.28. The van der Waals surface area contributed by atoms with Gasteiger partial charge < -0.3 is 26.3 Å². The van der Waals surface area contributed by atoms with Crippen LogP contribution < -0.4 is 16.4 Å². The van der Waals surface area contributed by atoms with Crippen LogP contribution in [-0.4, -0.2) is 31.9 Å². The average molecular weight is 532 g/mol. The molecule has 1 aliphatic rings. The molecule has 3 aromatic heterocycles. The molecule has 1 atom stereocenters. The van der Waals surface area contributed by atoms with Crippen LogP contribution in [0.15, 0.2) is 104 Å². The summed E-state index contributed by atoms with van der Waals surface area (Å²) in [5.41, 5.74) is 13.5. The Kier molecular flexibility index (Phi) is 6.78. The molecule has 6 N–H and O–H groups in total. The number of benzene rings is 2. The molecule has 40 heavy (non-hydrogen) atoms. The Labute approximate surface area is 229 Å². The van der Waals surface area contributed by atoms with E-state index in [1.165, 1.54) is 12.1 Å². The number of imidazole rings is 1. The van der Waals surface area contributed by atoms with Gasteiger partial charge in [-0.15, -0.1) is 0 Å². The lowest BCUT2D eigenvalue weighted by atomic mass is 9.97. The smallest absolute Gasteiger partial charge is 0.241 e. The van der Waals surface area contributed by atoms with Crippen molar-refractivity contribution in [2.75, 3.05) is 5.32 Å². The summed E-state index contributed by atoms with van der Waals surface area (Å²) in [6.45, 7) is 0. The van der Waals surface area contributed by atoms with Gasteiger partial charge in [-0.25, -0.2) is 9.37 Å². The quantitative estimate of drug-likeness (QED) is 0.195. The van der Waals surface area contributed by atoms with Gasteiger partial charge in [0.2, 0.25) is 5.91 Å². The van der Waals surface area contributed by atoms with E-state index in [9.17, 15) is 9.18 Å². The molecule has 0 aliphatic carbocycles. The number of rotatable bonds is 7. The van der Waals surface area contributed by atoms with Gasteiger partial charge in [0, 0.05) is 59.1 Å². The minimum absolute atomic E-state index is 0.311. The molecule has 0 saturated carbocycles. The lowest BCUT2D eigenvalue weighted by molar-refractivity contribution is -0.117. The maximum Gasteiger partial charge on any atom is 0.241 e. The molecule has 0 unspecified atom stereocenters. The first-order valence-electron chi connectivity index (χ1n) is 12.8. The molecule has 9 heteroatoms. The molecule has 0 saturated heterocycles. The lowest BCUT2D eigenvalue weighted by Gasteiger charge is -2.17. The number of H-pyrrole nitrogens is 2. The SMILES string of the molecule is N[C@@H](Cc1cnc[nH]1)C(=O)Nc1ccc2c(-c3ccncc3)c(-c3ccc(F)cc3)[nH]c2c1C1=CC=CC=CN1. The Morgan fingerprint density at radius 1 is 0.950 bits per heavy atom. The number of nitrogens with two attached hydrogens (primary N) is 1. The molecule has 8 nitrogen and oxygen atoms in total. The summed E-state index contributed by atoms with van der Waals surface area (Å²) in [6, 6.07) is 13.3. The summed E-state index contributed by atoms with van der Waals surface area (Å²) >= 11 is 0. The Balaban J connectivity index is 1.53. The maximum atomic E-state index is 13.8. The molecule has 1 aliphatic heterocycles. The van der Waals surface area contributed by atoms with Crippen molar-refractivity contribution in [2.45, 2.75) is 12.5 Å². The highest BCUT2D eigenvalue weighted by molar-refractivity contribution is 6.11. The Hall–Kier alpha value is -5.28. The largest absolute Gasteiger partial charge is 0.361 e. The Morgan fingerprint density at radius 3 is 2.55 bits per heavy atom. The molecule has 5 aromatic rings. The van der Waals surface area contributed by atoms with Crippen LogP contribution in [0.1, 0.15) is 11.3 Å². The van der Waals surface area contributed by atoms with E-state index in [2.05, 4.69) is 30.6 Å². The number of nitrogens with zero attached hydrogens (tertiary/aromatic N) is 2. The molecule has 4 heterocycles. The van der Waals surface area contributed by atoms with Crippen LogP contribution in [0.2, 0.25) is 0 Å². The monoisotopic (exact) mass is 531 g/mol. The Bertz CT molecular complexity index is 1750. The molecular weight excluding hydrogens is 505 g/mol. The van der Waals surface area contributed by atoms with E-state index in [1.54, 1.807) is 37.1 Å². The van der Waals surface area contributed by atoms with Crippen molar-refractivity contribution >= 4 is 28.2 Å². The predicted molar refractivity (Wildman–Crippen MR) is 155 cm³/mol. The number of anilines is 1. The molecule has 0 bridgehead atoms. The Morgan fingerprint density at radius 2 is 1.77 bits per heavy atom. The average Bonchev–Trinajstić information content (AvgIpc) is 3.54. The van der Waals surface area contributed by atoms with Crippen LogP contribution in [0.5, 0.6) is 0 Å². The van der Waals surface area contributed by atoms with Crippen molar-refractivity contribution in [3.63, 3.8) is 0 Å². The molecule has 198 valence electrons. The van der Waals surface area contributed by atoms with E-state index in [0.29, 0.717) is 12.1 Å². The molecule has 6 rings (SSSR count). The number of hydrogen-bond donors (Lipinski definition) is 5. The zero-order chi connectivity index (χ0) is 27.5. The first-order valence-corrected chi connectivity index (χ1v) is 12.8. The number of allylic oxidation sites excluding steroid dienone is 4. The second kappa shape index (κ2) is 10.8. The van der Waals surface area contributed by atoms with Crippen molar-refractivity contribution in [2.24, 2.45) is 5.73 Å². The molecule has 2 aromatic carbocycles. The van der Waals surface area contributed by atoms with E-state index >= 15 is 0 Å². The van der Waals surface area contributed by atoms with E-state index in [-0.39, 0.29) is 11.7 Å². The third kappa shape index (κ3) is 4.93. The fraction of sp³-hybridized carbons (Fsp3) is 0.0645. The number of amides is 1. The first kappa shape index (κ1) is 25.0. The number of hydrogen-bond acceptors (Lipinski definition) is 5. The number of pyridine rings is 1. The number of aromatic nitrogens is 4. The van der Waals surface area contributed by atoms with Crippen LogP contribution >= 0.6 is 0 Å². The van der Waals surface area contributed by atoms with Crippen LogP contribution in [0.25, 0.3) is 39.0 Å². The fourth-order valence-electron chi connectivity index (χ4n) is 4.86. The maximum absolute atomic E-state index is 13.8. The standard InChI is InChI=1S/C31H26FN7O/c32-21-7-5-20(6-8-21)29-27(19-11-14-34-15-12-19)23-9-10-26(38-31(40)24(33)16-22-17-35-18-37-22)28(30(23)39-29)25-4-2-1-3-13-36-25/h1-15,17-18,24,36,39H,16,33H2,(H,35,37)(H,38,40)/t24-/m0/s1. The van der Waals surface area contributed by atoms with Gasteiger partial charge in [0.15, 0.2) is 0 Å². The van der Waals surface area contributed by atoms with Gasteiger partial charge in [0.25, 0.3) is 0 Å². The third-order valence-corrected chi connectivity index (χ3v) is 6.76. The summed E-state index contributed by atoms with van der Waals surface area (Å²) in [5.74, 6) is -0.635. The van der Waals surface area contributed by atoms with E-state index in [0.717, 1.165) is 50.2 Å². The topological polar surface area (TPSA) is 125 Å². The lowest BCUT2D eigenvalue weighted by Crippen LogP contribution is -2.37. The van der Waals surface area contributed by atoms with Gasteiger partial charge >= 0.3 is 0 Å². The highest BCUT2D eigenvalue weighted by Crippen LogP contribution is 2.42. The number of halogens is 1. The fourth-order valence-corrected chi connectivity index (χ4v) is 4.86. The number of aromatic amines is 2. The van der Waals surface area contributed by atoms with Gasteiger partial charge in [-0.3, -0.25) is 9.78 Å². The van der Waals surface area contributed by atoms with Crippen molar-refractivity contribution in [3.8, 4) is 22.4 Å². The second-order valence-corrected chi connectivity index (χ2v) is 9.37. The van der Waals surface area contributed by atoms with Crippen LogP contribution in [0, 0.1) is 5.82 Å². The zero-order valence-electron chi connectivity index (χ0n) is 21.4. The van der Waals surface area contributed by atoms with Crippen molar-refractivity contribution in [1.82, 2.24) is 25.3 Å². The minimum atomic E-state index is -0.786. The number of carbonyl (C=O) groups is 1. The summed E-state index contributed by atoms with van der Waals surface area (Å²) in [4.78, 5) is 28.0. The zero-order valence-corrected chi connectivity index (χ0v) is 21.4. The van der Waals surface area contributed by atoms with E-state index < -0.39 is 6.04 Å². The van der Waals surface area contributed by atoms with Gasteiger partial charge in [-0.1, -0.05) is 18.2 Å². The van der Waals surface area contributed by atoms with E-state index in [4.69, 9.17) is 5.73 Å². The van der Waals surface area contributed by atoms with Crippen molar-refractivity contribution in [1.29, 1.82) is 0 Å². The highest BCUT2D eigenvalue weighted by atomic mass is 19.1. The van der Waals surface area contributed by atoms with Gasteiger partial charge in [-0.05, 0) is 65.7 Å². The summed E-state index contributed by atoms with van der Waals surface area (Å²) < 4.78 is 13.8. The van der Waals surface area contributed by atoms with Gasteiger partial charge in [0.05, 0.1) is 29.3 Å². The number of nitrogens with one attached hydrogen (secondary N) is 4. The number of carbonyl (C=O) groups excluding carboxylic acids is 1. The molecule has 0 fully saturated rings. The van der Waals surface area contributed by atoms with Crippen molar-refractivity contribution in [3.05, 3.63) is 121 Å². The molecule has 0 spiro atoms. The van der Waals surface area contributed by atoms with Crippen molar-refractivity contribution < 1.29 is 9.18 Å². The summed E-state index contributed by atoms with van der Waals surface area (Å²) in [5, 5.41) is 7.30. The third-order valence-electron chi connectivity index (χ3n) is 6.76. The molecule has 1 amide bonds. The second-order valence-electron chi connectivity index (χ2n) is 9.37. The van der Waals surface area contributed by atoms with Crippen LogP contribution in [0.3, 0.4) is 0 Å². The van der Waals surface area contributed by atoms with Crippen LogP contribution in [0.4, 0.5) is 10.1 Å².